The summed E-state index contributed by atoms with van der Waals surface area (Å²) in [7, 11) is 0.338. The monoisotopic (exact) mass is 545 g/mol. The number of sulfone groups is 1. The van der Waals surface area contributed by atoms with Crippen LogP contribution < -0.4 is 4.90 Å². The second kappa shape index (κ2) is 11.8. The minimum atomic E-state index is -3.56. The van der Waals surface area contributed by atoms with Crippen LogP contribution in [-0.2, 0) is 42.5 Å². The predicted molar refractivity (Wildman–Crippen MR) is 132 cm³/mol. The van der Waals surface area contributed by atoms with Crippen LogP contribution in [0.1, 0.15) is 75.0 Å². The molecule has 1 heterocycles. The molecule has 1 aliphatic rings. The number of unbranched alkanes of at least 4 members (excludes halogenated alkanes) is 2. The minimum absolute atomic E-state index is 0. The number of hydrogen-bond acceptors (Lipinski definition) is 4. The van der Waals surface area contributed by atoms with Gasteiger partial charge in [0.15, 0.2) is 9.84 Å². The number of anilines is 1. The Balaban J connectivity index is 0.00000385. The van der Waals surface area contributed by atoms with E-state index in [0.717, 1.165) is 42.5 Å². The van der Waals surface area contributed by atoms with E-state index in [4.69, 9.17) is 0 Å². The molecule has 6 heteroatoms. The van der Waals surface area contributed by atoms with Crippen molar-refractivity contribution in [2.75, 3.05) is 24.7 Å². The predicted octanol–water partition coefficient (Wildman–Crippen LogP) is 5.51. The number of fused-ring (bicyclic) bond motifs is 1. The van der Waals surface area contributed by atoms with E-state index in [1.165, 1.54) is 0 Å². The van der Waals surface area contributed by atoms with E-state index in [2.05, 4.69) is 19.9 Å². The number of aryl methyl sites for hydroxylation is 1. The van der Waals surface area contributed by atoms with Crippen LogP contribution in [0.4, 0.5) is 5.69 Å². The number of aliphatic hydroxyl groups is 1. The van der Waals surface area contributed by atoms with Gasteiger partial charge in [0.05, 0.1) is 16.8 Å². The average Bonchev–Trinajstić information content (AvgIpc) is 2.83. The molecule has 0 unspecified atom stereocenters. The third-order valence-corrected chi connectivity index (χ3v) is 9.01. The van der Waals surface area contributed by atoms with Crippen LogP contribution in [0.25, 0.3) is 0 Å². The zero-order chi connectivity index (χ0) is 23.5. The Labute approximate surface area is 226 Å². The number of nitrogens with zero attached hydrogens (tertiary/aromatic N) is 1. The van der Waals surface area contributed by atoms with Crippen molar-refractivity contribution >= 4 is 15.5 Å². The molecule has 0 bridgehead atoms. The first-order chi connectivity index (χ1) is 15.1. The Morgan fingerprint density at radius 3 is 2.24 bits per heavy atom. The van der Waals surface area contributed by atoms with Gasteiger partial charge in [-0.2, -0.15) is 29.8 Å². The number of rotatable bonds is 8. The van der Waals surface area contributed by atoms with Crippen molar-refractivity contribution in [1.29, 1.82) is 0 Å². The summed E-state index contributed by atoms with van der Waals surface area (Å²) in [5.41, 5.74) is 2.92. The standard InChI is InChI=1S/C27H38NO3S.Y/c1-6-8-16-27(17-9-7-2)19-32(30,31)24-15-14-22(28(4)5)18-23(24)25(26(27)29)21-12-10-20(3)11-13-21;/h10,12-15,18,25-26,29H,6-9,16-17,19H2,1-5H3;/q-1;/t25-,26-;/m1./s1. The number of benzene rings is 2. The van der Waals surface area contributed by atoms with Crippen LogP contribution in [0.15, 0.2) is 41.3 Å². The van der Waals surface area contributed by atoms with Gasteiger partial charge in [-0.05, 0) is 42.5 Å². The third kappa shape index (κ3) is 6.09. The molecule has 2 atom stereocenters. The van der Waals surface area contributed by atoms with Gasteiger partial charge in [0.25, 0.3) is 0 Å². The summed E-state index contributed by atoms with van der Waals surface area (Å²) in [6.45, 7) is 6.23. The summed E-state index contributed by atoms with van der Waals surface area (Å²) in [5.74, 6) is -0.408. The zero-order valence-corrected chi connectivity index (χ0v) is 24.4. The molecule has 33 heavy (non-hydrogen) atoms. The van der Waals surface area contributed by atoms with Gasteiger partial charge in [0, 0.05) is 57.9 Å². The van der Waals surface area contributed by atoms with E-state index in [0.29, 0.717) is 23.3 Å². The molecule has 0 saturated heterocycles. The molecule has 179 valence electrons. The molecule has 0 amide bonds. The van der Waals surface area contributed by atoms with Crippen molar-refractivity contribution in [2.24, 2.45) is 5.41 Å². The van der Waals surface area contributed by atoms with Gasteiger partial charge in [-0.25, -0.2) is 8.42 Å². The fourth-order valence-electron chi connectivity index (χ4n) is 5.10. The fraction of sp³-hybridized carbons (Fsp3) is 0.556. The van der Waals surface area contributed by atoms with Crippen LogP contribution in [-0.4, -0.2) is 39.5 Å². The summed E-state index contributed by atoms with van der Waals surface area (Å²) < 4.78 is 27.5. The third-order valence-electron chi connectivity index (χ3n) is 7.01. The maximum absolute atomic E-state index is 13.8. The SMILES string of the molecule is CCCCC1(CCCC)CS(=O)(=O)c2ccc(N(C)C)cc2[C@@H](c2c[c-]c(C)cc2)[C@H]1O.[Y]. The quantitative estimate of drug-likeness (QED) is 0.445. The van der Waals surface area contributed by atoms with Crippen LogP contribution in [0.5, 0.6) is 0 Å². The van der Waals surface area contributed by atoms with Crippen LogP contribution in [0.2, 0.25) is 0 Å². The van der Waals surface area contributed by atoms with Crippen molar-refractivity contribution in [3.8, 4) is 0 Å². The second-order valence-corrected chi connectivity index (χ2v) is 11.6. The number of aliphatic hydroxyl groups excluding tert-OH is 1. The van der Waals surface area contributed by atoms with E-state index in [1.807, 2.05) is 56.3 Å². The van der Waals surface area contributed by atoms with Gasteiger partial charge in [0.1, 0.15) is 0 Å². The summed E-state index contributed by atoms with van der Waals surface area (Å²) in [6, 6.07) is 14.8. The molecule has 0 aromatic heterocycles. The van der Waals surface area contributed by atoms with Crippen molar-refractivity contribution < 1.29 is 46.2 Å². The minimum Gasteiger partial charge on any atom is -0.393 e. The molecule has 0 aliphatic carbocycles. The smallest absolute Gasteiger partial charge is 0.179 e. The Morgan fingerprint density at radius 2 is 1.73 bits per heavy atom. The van der Waals surface area contributed by atoms with Gasteiger partial charge < -0.3 is 10.0 Å². The molecule has 1 N–H and O–H groups in total. The van der Waals surface area contributed by atoms with E-state index in [1.54, 1.807) is 6.07 Å². The van der Waals surface area contributed by atoms with Gasteiger partial charge in [-0.3, -0.25) is 0 Å². The second-order valence-electron chi connectivity index (χ2n) is 9.67. The van der Waals surface area contributed by atoms with Gasteiger partial charge >= 0.3 is 0 Å². The van der Waals surface area contributed by atoms with E-state index in [-0.39, 0.29) is 38.5 Å². The van der Waals surface area contributed by atoms with Crippen LogP contribution in [0, 0.1) is 18.4 Å². The maximum Gasteiger partial charge on any atom is 0.179 e. The van der Waals surface area contributed by atoms with Gasteiger partial charge in [-0.15, -0.1) is 5.56 Å². The van der Waals surface area contributed by atoms with Crippen molar-refractivity contribution in [3.05, 3.63) is 59.2 Å². The van der Waals surface area contributed by atoms with E-state index >= 15 is 0 Å². The molecule has 2 aromatic carbocycles. The molecule has 0 spiro atoms. The largest absolute Gasteiger partial charge is 0.393 e. The van der Waals surface area contributed by atoms with E-state index in [9.17, 15) is 13.5 Å². The topological polar surface area (TPSA) is 57.6 Å². The summed E-state index contributed by atoms with van der Waals surface area (Å²) in [6.07, 6.45) is 4.40. The Kier molecular flexibility index (Phi) is 10.2. The molecule has 3 rings (SSSR count). The molecule has 1 aliphatic heterocycles. The first kappa shape index (κ1) is 28.5. The van der Waals surface area contributed by atoms with Crippen molar-refractivity contribution in [2.45, 2.75) is 76.2 Å². The molecule has 0 fully saturated rings. The maximum atomic E-state index is 13.8. The summed E-state index contributed by atoms with van der Waals surface area (Å²) in [5, 5.41) is 12.1. The number of hydrogen-bond donors (Lipinski definition) is 1. The normalized spacial score (nSPS) is 20.9. The zero-order valence-electron chi connectivity index (χ0n) is 20.8. The molecule has 2 aromatic rings. The Hall–Kier alpha value is -0.746. The average molecular weight is 546 g/mol. The van der Waals surface area contributed by atoms with Crippen LogP contribution >= 0.6 is 0 Å². The van der Waals surface area contributed by atoms with Gasteiger partial charge in [-0.1, -0.05) is 46.5 Å². The molecule has 0 saturated carbocycles. The molecule has 1 radical (unpaired) electrons. The Bertz CT molecular complexity index is 1010. The Morgan fingerprint density at radius 1 is 1.09 bits per heavy atom. The van der Waals surface area contributed by atoms with Crippen molar-refractivity contribution in [1.82, 2.24) is 0 Å². The molecular weight excluding hydrogens is 507 g/mol. The fourth-order valence-corrected chi connectivity index (χ4v) is 7.29. The van der Waals surface area contributed by atoms with Crippen LogP contribution in [0.3, 0.4) is 0 Å². The molecule has 4 nitrogen and oxygen atoms in total. The first-order valence-corrected chi connectivity index (χ1v) is 13.5. The molecular formula is C27H38NO3SY-. The van der Waals surface area contributed by atoms with Gasteiger partial charge in [0.2, 0.25) is 0 Å². The summed E-state index contributed by atoms with van der Waals surface area (Å²) >= 11 is 0. The first-order valence-electron chi connectivity index (χ1n) is 11.9. The van der Waals surface area contributed by atoms with Crippen molar-refractivity contribution in [3.63, 3.8) is 0 Å². The summed E-state index contributed by atoms with van der Waals surface area (Å²) in [4.78, 5) is 2.34. The van der Waals surface area contributed by atoms with E-state index < -0.39 is 27.3 Å².